The second kappa shape index (κ2) is 8.98. The van der Waals surface area contributed by atoms with E-state index in [-0.39, 0.29) is 11.9 Å². The first-order chi connectivity index (χ1) is 16.0. The van der Waals surface area contributed by atoms with Gasteiger partial charge in [0.2, 0.25) is 11.8 Å². The Morgan fingerprint density at radius 2 is 1.91 bits per heavy atom. The molecule has 168 valence electrons. The van der Waals surface area contributed by atoms with Gasteiger partial charge in [-0.05, 0) is 79.8 Å². The van der Waals surface area contributed by atoms with Gasteiger partial charge in [-0.15, -0.1) is 0 Å². The molecule has 1 heterocycles. The maximum atomic E-state index is 11.3. The lowest BCUT2D eigenvalue weighted by molar-refractivity contribution is -0.119. The van der Waals surface area contributed by atoms with Gasteiger partial charge in [-0.2, -0.15) is 0 Å². The Bertz CT molecular complexity index is 1280. The summed E-state index contributed by atoms with van der Waals surface area (Å²) in [6, 6.07) is 21.7. The standard InChI is InChI=1S/C27H27N3O3/c1-17(28-18(2)31)21-10-13-25-26(14-21)33-27(30-25)20-8-11-22(12-9-20)29-23-4-3-5-24(15-23)32-16-19-6-7-19/h3-5,8-15,17,19,29H,6-7,16H2,1-2H3,(H,28,31). The molecule has 33 heavy (non-hydrogen) atoms. The first-order valence-corrected chi connectivity index (χ1v) is 11.3. The van der Waals surface area contributed by atoms with E-state index < -0.39 is 0 Å². The molecular weight excluding hydrogens is 414 g/mol. The van der Waals surface area contributed by atoms with Crippen molar-refractivity contribution >= 4 is 28.4 Å². The normalized spacial score (nSPS) is 14.1. The average molecular weight is 442 g/mol. The van der Waals surface area contributed by atoms with Gasteiger partial charge in [-0.1, -0.05) is 12.1 Å². The molecule has 1 aliphatic carbocycles. The van der Waals surface area contributed by atoms with Crippen molar-refractivity contribution in [2.24, 2.45) is 5.92 Å². The summed E-state index contributed by atoms with van der Waals surface area (Å²) in [7, 11) is 0. The molecule has 1 saturated carbocycles. The van der Waals surface area contributed by atoms with E-state index in [1.807, 2.05) is 73.7 Å². The highest BCUT2D eigenvalue weighted by Crippen LogP contribution is 2.31. The number of anilines is 2. The summed E-state index contributed by atoms with van der Waals surface area (Å²) < 4.78 is 11.9. The van der Waals surface area contributed by atoms with Crippen molar-refractivity contribution < 1.29 is 13.9 Å². The van der Waals surface area contributed by atoms with Crippen LogP contribution in [-0.4, -0.2) is 17.5 Å². The number of rotatable bonds is 8. The summed E-state index contributed by atoms with van der Waals surface area (Å²) in [5, 5.41) is 6.31. The third-order valence-electron chi connectivity index (χ3n) is 5.77. The van der Waals surface area contributed by atoms with Gasteiger partial charge >= 0.3 is 0 Å². The molecule has 1 aliphatic rings. The highest BCUT2D eigenvalue weighted by molar-refractivity contribution is 5.78. The van der Waals surface area contributed by atoms with Crippen LogP contribution < -0.4 is 15.4 Å². The van der Waals surface area contributed by atoms with Gasteiger partial charge in [0.15, 0.2) is 5.58 Å². The predicted octanol–water partition coefficient (Wildman–Crippen LogP) is 6.22. The van der Waals surface area contributed by atoms with Crippen LogP contribution in [0.15, 0.2) is 71.1 Å². The van der Waals surface area contributed by atoms with Crippen molar-refractivity contribution in [1.29, 1.82) is 0 Å². The predicted molar refractivity (Wildman–Crippen MR) is 130 cm³/mol. The number of benzene rings is 3. The minimum absolute atomic E-state index is 0.0629. The number of ether oxygens (including phenoxy) is 1. The summed E-state index contributed by atoms with van der Waals surface area (Å²) in [6.07, 6.45) is 2.56. The number of nitrogens with zero attached hydrogens (tertiary/aromatic N) is 1. The number of carbonyl (C=O) groups excluding carboxylic acids is 1. The van der Waals surface area contributed by atoms with E-state index in [1.54, 1.807) is 0 Å². The van der Waals surface area contributed by atoms with Crippen LogP contribution >= 0.6 is 0 Å². The fourth-order valence-corrected chi connectivity index (χ4v) is 3.75. The minimum Gasteiger partial charge on any atom is -0.493 e. The van der Waals surface area contributed by atoms with E-state index >= 15 is 0 Å². The second-order valence-corrected chi connectivity index (χ2v) is 8.65. The van der Waals surface area contributed by atoms with Crippen LogP contribution in [0, 0.1) is 5.92 Å². The number of hydrogen-bond acceptors (Lipinski definition) is 5. The van der Waals surface area contributed by atoms with Crippen LogP contribution in [0.5, 0.6) is 5.75 Å². The second-order valence-electron chi connectivity index (χ2n) is 8.65. The summed E-state index contributed by atoms with van der Waals surface area (Å²) in [5.74, 6) is 2.12. The molecule has 2 N–H and O–H groups in total. The van der Waals surface area contributed by atoms with E-state index in [9.17, 15) is 4.79 Å². The van der Waals surface area contributed by atoms with E-state index in [0.717, 1.165) is 46.3 Å². The van der Waals surface area contributed by atoms with Crippen molar-refractivity contribution in [2.45, 2.75) is 32.7 Å². The third kappa shape index (κ3) is 5.17. The average Bonchev–Trinajstić information content (AvgIpc) is 3.54. The number of carbonyl (C=O) groups is 1. The fraction of sp³-hybridized carbons (Fsp3) is 0.259. The van der Waals surface area contributed by atoms with E-state index in [1.165, 1.54) is 19.8 Å². The maximum Gasteiger partial charge on any atom is 0.227 e. The first-order valence-electron chi connectivity index (χ1n) is 11.3. The summed E-state index contributed by atoms with van der Waals surface area (Å²) in [4.78, 5) is 16.0. The lowest BCUT2D eigenvalue weighted by Crippen LogP contribution is -2.23. The SMILES string of the molecule is CC(=O)NC(C)c1ccc2nc(-c3ccc(Nc4cccc(OCC5CC5)c4)cc3)oc2c1. The van der Waals surface area contributed by atoms with E-state index in [4.69, 9.17) is 9.15 Å². The van der Waals surface area contributed by atoms with E-state index in [0.29, 0.717) is 11.5 Å². The fourth-order valence-electron chi connectivity index (χ4n) is 3.75. The molecule has 1 amide bonds. The van der Waals surface area contributed by atoms with Crippen LogP contribution in [0.25, 0.3) is 22.6 Å². The largest absolute Gasteiger partial charge is 0.493 e. The number of amides is 1. The molecule has 1 aromatic heterocycles. The molecule has 0 saturated heterocycles. The zero-order valence-corrected chi connectivity index (χ0v) is 18.8. The van der Waals surface area contributed by atoms with Gasteiger partial charge in [0.05, 0.1) is 12.6 Å². The number of aromatic nitrogens is 1. The van der Waals surface area contributed by atoms with Crippen LogP contribution in [0.1, 0.15) is 38.3 Å². The number of hydrogen-bond donors (Lipinski definition) is 2. The lowest BCUT2D eigenvalue weighted by Gasteiger charge is -2.12. The van der Waals surface area contributed by atoms with Crippen molar-refractivity contribution in [3.05, 3.63) is 72.3 Å². The maximum absolute atomic E-state index is 11.3. The Labute approximate surface area is 193 Å². The molecule has 0 radical (unpaired) electrons. The zero-order chi connectivity index (χ0) is 22.8. The smallest absolute Gasteiger partial charge is 0.227 e. The van der Waals surface area contributed by atoms with E-state index in [2.05, 4.69) is 15.6 Å². The molecule has 6 nitrogen and oxygen atoms in total. The highest BCUT2D eigenvalue weighted by Gasteiger charge is 2.21. The molecule has 0 spiro atoms. The minimum atomic E-state index is -0.0941. The van der Waals surface area contributed by atoms with Crippen molar-refractivity contribution in [3.8, 4) is 17.2 Å². The molecule has 0 aliphatic heterocycles. The van der Waals surface area contributed by atoms with Gasteiger partial charge in [0.1, 0.15) is 11.3 Å². The topological polar surface area (TPSA) is 76.4 Å². The van der Waals surface area contributed by atoms with Gasteiger partial charge < -0.3 is 19.8 Å². The molecule has 1 fully saturated rings. The number of fused-ring (bicyclic) bond motifs is 1. The first kappa shape index (κ1) is 21.1. The number of nitrogens with one attached hydrogen (secondary N) is 2. The van der Waals surface area contributed by atoms with Crippen LogP contribution in [0.3, 0.4) is 0 Å². The molecular formula is C27H27N3O3. The quantitative estimate of drug-likeness (QED) is 0.339. The van der Waals surface area contributed by atoms with Crippen LogP contribution in [-0.2, 0) is 4.79 Å². The summed E-state index contributed by atoms with van der Waals surface area (Å²) in [6.45, 7) is 4.26. The molecule has 3 aromatic carbocycles. The Morgan fingerprint density at radius 3 is 2.67 bits per heavy atom. The molecule has 0 bridgehead atoms. The van der Waals surface area contributed by atoms with Gasteiger partial charge in [0.25, 0.3) is 0 Å². The molecule has 1 atom stereocenters. The Hall–Kier alpha value is -3.80. The molecule has 5 rings (SSSR count). The van der Waals surface area contributed by atoms with Crippen molar-refractivity contribution in [3.63, 3.8) is 0 Å². The van der Waals surface area contributed by atoms with Crippen molar-refractivity contribution in [2.75, 3.05) is 11.9 Å². The molecule has 6 heteroatoms. The monoisotopic (exact) mass is 441 g/mol. The van der Waals surface area contributed by atoms with Crippen LogP contribution in [0.2, 0.25) is 0 Å². The Morgan fingerprint density at radius 1 is 1.09 bits per heavy atom. The Kier molecular flexibility index (Phi) is 5.73. The van der Waals surface area contributed by atoms with Gasteiger partial charge in [-0.3, -0.25) is 4.79 Å². The van der Waals surface area contributed by atoms with Crippen molar-refractivity contribution in [1.82, 2.24) is 10.3 Å². The molecule has 1 unspecified atom stereocenters. The third-order valence-corrected chi connectivity index (χ3v) is 5.77. The molecule has 4 aromatic rings. The summed E-state index contributed by atoms with van der Waals surface area (Å²) >= 11 is 0. The summed E-state index contributed by atoms with van der Waals surface area (Å²) in [5.41, 5.74) is 5.32. The van der Waals surface area contributed by atoms with Gasteiger partial charge in [-0.25, -0.2) is 4.98 Å². The Balaban J connectivity index is 1.29. The zero-order valence-electron chi connectivity index (χ0n) is 18.8. The van der Waals surface area contributed by atoms with Gasteiger partial charge in [0, 0.05) is 29.9 Å². The number of oxazole rings is 1. The van der Waals surface area contributed by atoms with Crippen LogP contribution in [0.4, 0.5) is 11.4 Å². The lowest BCUT2D eigenvalue weighted by atomic mass is 10.1. The highest BCUT2D eigenvalue weighted by atomic mass is 16.5.